The van der Waals surface area contributed by atoms with Crippen molar-refractivity contribution in [3.63, 3.8) is 0 Å². The van der Waals surface area contributed by atoms with Crippen LogP contribution in [0.3, 0.4) is 0 Å². The van der Waals surface area contributed by atoms with Gasteiger partial charge >= 0.3 is 0 Å². The molecular weight excluding hydrogens is 481 g/mol. The Kier molecular flexibility index (Phi) is 6.51. The van der Waals surface area contributed by atoms with Crippen LogP contribution in [0.5, 0.6) is 0 Å². The number of benzene rings is 2. The van der Waals surface area contributed by atoms with Crippen LogP contribution in [-0.2, 0) is 11.3 Å². The first-order valence-electron chi connectivity index (χ1n) is 11.5. The van der Waals surface area contributed by atoms with Gasteiger partial charge in [0.2, 0.25) is 5.91 Å². The van der Waals surface area contributed by atoms with Crippen molar-refractivity contribution in [2.45, 2.75) is 13.5 Å². The van der Waals surface area contributed by atoms with Crippen molar-refractivity contribution in [2.75, 3.05) is 36.4 Å². The smallest absolute Gasteiger partial charge is 0.264 e. The van der Waals surface area contributed by atoms with E-state index < -0.39 is 0 Å². The van der Waals surface area contributed by atoms with E-state index in [2.05, 4.69) is 10.3 Å². The molecule has 184 valence electrons. The maximum Gasteiger partial charge on any atom is 0.264 e. The van der Waals surface area contributed by atoms with Gasteiger partial charge < -0.3 is 15.1 Å². The van der Waals surface area contributed by atoms with Crippen LogP contribution in [0.25, 0.3) is 10.2 Å². The number of carbonyl (C=O) groups is 2. The Bertz CT molecular complexity index is 1490. The third-order valence-corrected chi connectivity index (χ3v) is 7.43. The molecule has 2 aromatic carbocycles. The van der Waals surface area contributed by atoms with E-state index in [1.165, 1.54) is 28.3 Å². The lowest BCUT2D eigenvalue weighted by atomic mass is 10.2. The lowest BCUT2D eigenvalue weighted by Crippen LogP contribution is -2.49. The Morgan fingerprint density at radius 3 is 2.44 bits per heavy atom. The number of piperazine rings is 1. The summed E-state index contributed by atoms with van der Waals surface area (Å²) in [5.74, 6) is -0.796. The van der Waals surface area contributed by atoms with Gasteiger partial charge in [-0.3, -0.25) is 19.0 Å². The number of amides is 2. The molecule has 2 amide bonds. The maximum atomic E-state index is 14.1. The molecule has 0 aliphatic carbocycles. The average molecular weight is 506 g/mol. The number of carbonyl (C=O) groups excluding carboxylic acids is 2. The highest BCUT2D eigenvalue weighted by Gasteiger charge is 2.27. The number of anilines is 2. The minimum atomic E-state index is -0.361. The molecule has 10 heteroatoms. The van der Waals surface area contributed by atoms with Crippen molar-refractivity contribution in [3.8, 4) is 0 Å². The zero-order valence-corrected chi connectivity index (χ0v) is 20.4. The topological polar surface area (TPSA) is 87.5 Å². The number of aryl methyl sites for hydroxylation is 1. The van der Waals surface area contributed by atoms with E-state index in [4.69, 9.17) is 0 Å². The summed E-state index contributed by atoms with van der Waals surface area (Å²) in [4.78, 5) is 47.9. The Balaban J connectivity index is 1.32. The first-order valence-corrected chi connectivity index (χ1v) is 12.4. The summed E-state index contributed by atoms with van der Waals surface area (Å²) in [7, 11) is 0. The summed E-state index contributed by atoms with van der Waals surface area (Å²) >= 11 is 1.18. The molecular formula is C26H24FN5O3S. The summed E-state index contributed by atoms with van der Waals surface area (Å²) in [5, 5.41) is 3.10. The van der Waals surface area contributed by atoms with Crippen molar-refractivity contribution < 1.29 is 14.0 Å². The number of fused-ring (bicyclic) bond motifs is 1. The van der Waals surface area contributed by atoms with Gasteiger partial charge in [-0.1, -0.05) is 30.3 Å². The summed E-state index contributed by atoms with van der Waals surface area (Å²) in [6, 6.07) is 15.6. The lowest BCUT2D eigenvalue weighted by Gasteiger charge is -2.36. The molecule has 2 aromatic heterocycles. The van der Waals surface area contributed by atoms with Gasteiger partial charge in [-0.05, 0) is 36.8 Å². The largest absolute Gasteiger partial charge is 0.366 e. The van der Waals surface area contributed by atoms with Gasteiger partial charge in [-0.15, -0.1) is 11.3 Å². The molecule has 1 saturated heterocycles. The molecule has 0 radical (unpaired) electrons. The molecule has 0 unspecified atom stereocenters. The second-order valence-corrected chi connectivity index (χ2v) is 9.56. The molecule has 1 N–H and O–H groups in total. The highest BCUT2D eigenvalue weighted by molar-refractivity contribution is 7.20. The van der Waals surface area contributed by atoms with E-state index in [9.17, 15) is 18.8 Å². The first-order chi connectivity index (χ1) is 17.4. The van der Waals surface area contributed by atoms with Crippen LogP contribution in [0.2, 0.25) is 0 Å². The normalized spacial score (nSPS) is 13.7. The number of hydrogen-bond acceptors (Lipinski definition) is 6. The molecule has 0 bridgehead atoms. The molecule has 1 fully saturated rings. The van der Waals surface area contributed by atoms with Gasteiger partial charge in [-0.25, -0.2) is 9.37 Å². The van der Waals surface area contributed by atoms with E-state index in [0.29, 0.717) is 58.2 Å². The summed E-state index contributed by atoms with van der Waals surface area (Å²) < 4.78 is 15.4. The highest BCUT2D eigenvalue weighted by atomic mass is 32.1. The van der Waals surface area contributed by atoms with Crippen LogP contribution < -0.4 is 15.8 Å². The van der Waals surface area contributed by atoms with Gasteiger partial charge in [0.25, 0.3) is 11.5 Å². The van der Waals surface area contributed by atoms with E-state index in [-0.39, 0.29) is 29.7 Å². The summed E-state index contributed by atoms with van der Waals surface area (Å²) in [6.45, 7) is 3.46. The number of thiophene rings is 1. The molecule has 4 aromatic rings. The third kappa shape index (κ3) is 4.59. The van der Waals surface area contributed by atoms with Gasteiger partial charge in [-0.2, -0.15) is 0 Å². The zero-order chi connectivity index (χ0) is 25.2. The van der Waals surface area contributed by atoms with Gasteiger partial charge in [0.1, 0.15) is 17.2 Å². The van der Waals surface area contributed by atoms with Gasteiger partial charge in [0.05, 0.1) is 22.3 Å². The quantitative estimate of drug-likeness (QED) is 0.449. The summed E-state index contributed by atoms with van der Waals surface area (Å²) in [6.07, 6.45) is 1.34. The monoisotopic (exact) mass is 505 g/mol. The average Bonchev–Trinajstić information content (AvgIpc) is 3.23. The van der Waals surface area contributed by atoms with Crippen LogP contribution >= 0.6 is 11.3 Å². The number of halogens is 1. The number of nitrogens with one attached hydrogen (secondary N) is 1. The van der Waals surface area contributed by atoms with Crippen LogP contribution in [0.15, 0.2) is 65.7 Å². The second-order valence-electron chi connectivity index (χ2n) is 8.56. The van der Waals surface area contributed by atoms with Crippen LogP contribution in [0.4, 0.5) is 15.8 Å². The fraction of sp³-hybridized carbons (Fsp3) is 0.231. The van der Waals surface area contributed by atoms with Crippen molar-refractivity contribution in [1.82, 2.24) is 14.5 Å². The molecule has 0 atom stereocenters. The van der Waals surface area contributed by atoms with Crippen molar-refractivity contribution in [2.24, 2.45) is 0 Å². The lowest BCUT2D eigenvalue weighted by molar-refractivity contribution is -0.116. The number of hydrogen-bond donors (Lipinski definition) is 1. The van der Waals surface area contributed by atoms with Crippen molar-refractivity contribution in [1.29, 1.82) is 0 Å². The van der Waals surface area contributed by atoms with E-state index in [1.54, 1.807) is 42.2 Å². The molecule has 0 saturated carbocycles. The minimum Gasteiger partial charge on any atom is -0.366 e. The predicted octanol–water partition coefficient (Wildman–Crippen LogP) is 3.51. The third-order valence-electron chi connectivity index (χ3n) is 6.24. The Morgan fingerprint density at radius 2 is 1.72 bits per heavy atom. The van der Waals surface area contributed by atoms with E-state index in [1.807, 2.05) is 23.1 Å². The second kappa shape index (κ2) is 9.90. The molecule has 8 nitrogen and oxygen atoms in total. The summed E-state index contributed by atoms with van der Waals surface area (Å²) in [5.41, 5.74) is 1.37. The van der Waals surface area contributed by atoms with Gasteiger partial charge in [0.15, 0.2) is 0 Å². The number of aromatic nitrogens is 2. The SMILES string of the molecule is Cc1c(C(=O)N2CCN(c3ccccc3F)CC2)sc2ncn(CC(=O)Nc3ccccc3)c(=O)c12. The minimum absolute atomic E-state index is 0.170. The maximum absolute atomic E-state index is 14.1. The number of para-hydroxylation sites is 2. The van der Waals surface area contributed by atoms with Crippen molar-refractivity contribution in [3.05, 3.63) is 87.5 Å². The number of rotatable bonds is 5. The molecule has 0 spiro atoms. The highest BCUT2D eigenvalue weighted by Crippen LogP contribution is 2.29. The molecule has 3 heterocycles. The molecule has 5 rings (SSSR count). The van der Waals surface area contributed by atoms with Crippen LogP contribution in [-0.4, -0.2) is 52.4 Å². The predicted molar refractivity (Wildman–Crippen MR) is 138 cm³/mol. The Hall–Kier alpha value is -4.05. The fourth-order valence-corrected chi connectivity index (χ4v) is 5.46. The fourth-order valence-electron chi connectivity index (χ4n) is 4.35. The van der Waals surface area contributed by atoms with Crippen molar-refractivity contribution >= 4 is 44.7 Å². The van der Waals surface area contributed by atoms with E-state index >= 15 is 0 Å². The first kappa shape index (κ1) is 23.7. The van der Waals surface area contributed by atoms with Crippen LogP contribution in [0.1, 0.15) is 15.2 Å². The van der Waals surface area contributed by atoms with Crippen LogP contribution in [0, 0.1) is 12.7 Å². The standard InChI is InChI=1S/C26H24FN5O3S/c1-17-22-24(28-16-32(25(22)34)15-21(33)29-18-7-3-2-4-8-18)36-23(17)26(35)31-13-11-30(12-14-31)20-10-6-5-9-19(20)27/h2-10,16H,11-15H2,1H3,(H,29,33). The Labute approximate surface area is 210 Å². The molecule has 1 aliphatic heterocycles. The Morgan fingerprint density at radius 1 is 1.03 bits per heavy atom. The molecule has 1 aliphatic rings. The molecule has 36 heavy (non-hydrogen) atoms. The number of nitrogens with zero attached hydrogens (tertiary/aromatic N) is 4. The van der Waals surface area contributed by atoms with E-state index in [0.717, 1.165) is 0 Å². The zero-order valence-electron chi connectivity index (χ0n) is 19.6. The van der Waals surface area contributed by atoms with Gasteiger partial charge in [0, 0.05) is 31.9 Å².